The molecule has 0 radical (unpaired) electrons. The number of hydrogen-bond acceptors (Lipinski definition) is 5. The first-order chi connectivity index (χ1) is 11.0. The molecular formula is C16H20N4O3. The standard InChI is InChI=1S/C16H20N4O3/c17-14(15(18)21)10-3-1-2-4-11(10)19-5-6-20-12-7-9(12)8-13(20)16(22)23/h1-4,9,12-13,17,19H,5-8H2,(H2,18,21)(H,22,23). The highest BCUT2D eigenvalue weighted by atomic mass is 16.4. The number of carboxylic acids is 1. The molecule has 3 atom stereocenters. The van der Waals surface area contributed by atoms with Gasteiger partial charge in [0.25, 0.3) is 5.91 Å². The van der Waals surface area contributed by atoms with Gasteiger partial charge in [-0.3, -0.25) is 19.9 Å². The van der Waals surface area contributed by atoms with Crippen molar-refractivity contribution < 1.29 is 14.7 Å². The maximum absolute atomic E-state index is 11.3. The van der Waals surface area contributed by atoms with Crippen LogP contribution in [0.4, 0.5) is 5.69 Å². The van der Waals surface area contributed by atoms with Gasteiger partial charge in [-0.15, -0.1) is 0 Å². The molecule has 3 rings (SSSR count). The van der Waals surface area contributed by atoms with Crippen LogP contribution in [0.5, 0.6) is 0 Å². The number of aliphatic carboxylic acids is 1. The summed E-state index contributed by atoms with van der Waals surface area (Å²) in [7, 11) is 0. The number of nitrogens with one attached hydrogen (secondary N) is 2. The lowest BCUT2D eigenvalue weighted by atomic mass is 10.1. The number of likely N-dealkylation sites (tertiary alicyclic amines) is 1. The second-order valence-electron chi connectivity index (χ2n) is 6.10. The lowest BCUT2D eigenvalue weighted by Gasteiger charge is -2.24. The first kappa shape index (κ1) is 15.5. The van der Waals surface area contributed by atoms with Crippen molar-refractivity contribution in [3.8, 4) is 0 Å². The van der Waals surface area contributed by atoms with Crippen molar-refractivity contribution in [2.75, 3.05) is 18.4 Å². The van der Waals surface area contributed by atoms with E-state index in [1.165, 1.54) is 0 Å². The number of nitrogens with zero attached hydrogens (tertiary/aromatic N) is 1. The zero-order valence-corrected chi connectivity index (χ0v) is 12.7. The summed E-state index contributed by atoms with van der Waals surface area (Å²) in [5.74, 6) is -0.995. The van der Waals surface area contributed by atoms with Gasteiger partial charge in [0.1, 0.15) is 11.8 Å². The van der Waals surface area contributed by atoms with Crippen molar-refractivity contribution in [2.45, 2.75) is 24.9 Å². The van der Waals surface area contributed by atoms with E-state index in [1.54, 1.807) is 18.2 Å². The zero-order chi connectivity index (χ0) is 16.6. The molecular weight excluding hydrogens is 296 g/mol. The molecule has 1 heterocycles. The van der Waals surface area contributed by atoms with E-state index in [0.29, 0.717) is 36.3 Å². The molecule has 122 valence electrons. The summed E-state index contributed by atoms with van der Waals surface area (Å²) in [4.78, 5) is 24.5. The van der Waals surface area contributed by atoms with Gasteiger partial charge in [-0.25, -0.2) is 0 Å². The summed E-state index contributed by atoms with van der Waals surface area (Å²) in [5, 5.41) is 20.2. The number of anilines is 1. The van der Waals surface area contributed by atoms with Crippen LogP contribution in [0.1, 0.15) is 18.4 Å². The third-order valence-corrected chi connectivity index (χ3v) is 4.65. The lowest BCUT2D eigenvalue weighted by Crippen LogP contribution is -2.41. The maximum Gasteiger partial charge on any atom is 0.320 e. The summed E-state index contributed by atoms with van der Waals surface area (Å²) in [6, 6.07) is 7.02. The van der Waals surface area contributed by atoms with E-state index in [4.69, 9.17) is 11.1 Å². The fourth-order valence-corrected chi connectivity index (χ4v) is 3.42. The number of rotatable bonds is 7. The average molecular weight is 316 g/mol. The molecule has 1 aromatic carbocycles. The van der Waals surface area contributed by atoms with Crippen LogP contribution in [0.2, 0.25) is 0 Å². The van der Waals surface area contributed by atoms with Crippen LogP contribution < -0.4 is 11.1 Å². The summed E-state index contributed by atoms with van der Waals surface area (Å²) in [6.45, 7) is 1.17. The van der Waals surface area contributed by atoms with E-state index in [9.17, 15) is 14.7 Å². The SMILES string of the molecule is N=C(C(N)=O)c1ccccc1NCCN1C(C(=O)O)CC2CC21. The van der Waals surface area contributed by atoms with Crippen molar-refractivity contribution in [2.24, 2.45) is 11.7 Å². The van der Waals surface area contributed by atoms with Crippen LogP contribution in [0.25, 0.3) is 0 Å². The molecule has 0 bridgehead atoms. The zero-order valence-electron chi connectivity index (χ0n) is 12.7. The van der Waals surface area contributed by atoms with Crippen molar-refractivity contribution >= 4 is 23.3 Å². The van der Waals surface area contributed by atoms with Crippen LogP contribution in [-0.2, 0) is 9.59 Å². The van der Waals surface area contributed by atoms with Crippen molar-refractivity contribution in [3.05, 3.63) is 29.8 Å². The Morgan fingerprint density at radius 2 is 2.09 bits per heavy atom. The second-order valence-corrected chi connectivity index (χ2v) is 6.10. The Bertz CT molecular complexity index is 660. The third kappa shape index (κ3) is 3.05. The number of primary amides is 1. The quantitative estimate of drug-likeness (QED) is 0.546. The normalized spacial score (nSPS) is 25.7. The smallest absolute Gasteiger partial charge is 0.320 e. The molecule has 0 aromatic heterocycles. The highest BCUT2D eigenvalue weighted by molar-refractivity contribution is 6.44. The maximum atomic E-state index is 11.3. The summed E-state index contributed by atoms with van der Waals surface area (Å²) in [6.07, 6.45) is 1.83. The number of amides is 1. The van der Waals surface area contributed by atoms with Gasteiger partial charge in [0.05, 0.1) is 0 Å². The molecule has 3 unspecified atom stereocenters. The number of carboxylic acid groups (broad SMARTS) is 1. The number of hydrogen-bond donors (Lipinski definition) is 4. The molecule has 0 spiro atoms. The number of carbonyl (C=O) groups excluding carboxylic acids is 1. The van der Waals surface area contributed by atoms with Crippen LogP contribution in [0.15, 0.2) is 24.3 Å². The number of carbonyl (C=O) groups is 2. The molecule has 1 aromatic rings. The van der Waals surface area contributed by atoms with Crippen LogP contribution in [0.3, 0.4) is 0 Å². The van der Waals surface area contributed by atoms with Gasteiger partial charge in [0.2, 0.25) is 0 Å². The third-order valence-electron chi connectivity index (χ3n) is 4.65. The van der Waals surface area contributed by atoms with E-state index < -0.39 is 11.9 Å². The highest BCUT2D eigenvalue weighted by Crippen LogP contribution is 2.47. The van der Waals surface area contributed by atoms with E-state index in [2.05, 4.69) is 5.32 Å². The van der Waals surface area contributed by atoms with E-state index >= 15 is 0 Å². The molecule has 2 fully saturated rings. The summed E-state index contributed by atoms with van der Waals surface area (Å²) >= 11 is 0. The van der Waals surface area contributed by atoms with Gasteiger partial charge in [0, 0.05) is 30.4 Å². The van der Waals surface area contributed by atoms with Crippen molar-refractivity contribution in [1.29, 1.82) is 5.41 Å². The minimum absolute atomic E-state index is 0.236. The predicted molar refractivity (Wildman–Crippen MR) is 85.6 cm³/mol. The number of nitrogens with two attached hydrogens (primary N) is 1. The van der Waals surface area contributed by atoms with Gasteiger partial charge in [-0.05, 0) is 24.8 Å². The van der Waals surface area contributed by atoms with E-state index in [-0.39, 0.29) is 11.8 Å². The van der Waals surface area contributed by atoms with Crippen LogP contribution in [-0.4, -0.2) is 52.8 Å². The van der Waals surface area contributed by atoms with Crippen molar-refractivity contribution in [1.82, 2.24) is 4.90 Å². The minimum atomic E-state index is -0.773. The Hall–Kier alpha value is -2.41. The molecule has 2 aliphatic rings. The number of piperidine rings is 1. The number of benzene rings is 1. The molecule has 7 nitrogen and oxygen atoms in total. The largest absolute Gasteiger partial charge is 0.480 e. The lowest BCUT2D eigenvalue weighted by molar-refractivity contribution is -0.142. The molecule has 1 aliphatic heterocycles. The summed E-state index contributed by atoms with van der Waals surface area (Å²) in [5.41, 5.74) is 6.06. The monoisotopic (exact) mass is 316 g/mol. The van der Waals surface area contributed by atoms with Gasteiger partial charge in [-0.2, -0.15) is 0 Å². The molecule has 1 saturated heterocycles. The van der Waals surface area contributed by atoms with Gasteiger partial charge < -0.3 is 16.2 Å². The molecule has 7 heteroatoms. The molecule has 1 aliphatic carbocycles. The minimum Gasteiger partial charge on any atom is -0.480 e. The Balaban J connectivity index is 1.62. The number of para-hydroxylation sites is 1. The molecule has 5 N–H and O–H groups in total. The van der Waals surface area contributed by atoms with Gasteiger partial charge in [-0.1, -0.05) is 18.2 Å². The Morgan fingerprint density at radius 1 is 1.35 bits per heavy atom. The summed E-state index contributed by atoms with van der Waals surface area (Å²) < 4.78 is 0. The van der Waals surface area contributed by atoms with E-state index in [1.807, 2.05) is 11.0 Å². The van der Waals surface area contributed by atoms with Gasteiger partial charge in [0.15, 0.2) is 0 Å². The molecule has 23 heavy (non-hydrogen) atoms. The topological polar surface area (TPSA) is 120 Å². The molecule has 1 saturated carbocycles. The fraction of sp³-hybridized carbons (Fsp3) is 0.438. The predicted octanol–water partition coefficient (Wildman–Crippen LogP) is 0.499. The van der Waals surface area contributed by atoms with Crippen LogP contribution in [0, 0.1) is 11.3 Å². The highest BCUT2D eigenvalue weighted by Gasteiger charge is 2.53. The average Bonchev–Trinajstić information content (AvgIpc) is 3.20. The second kappa shape index (κ2) is 6.00. The van der Waals surface area contributed by atoms with E-state index in [0.717, 1.165) is 12.8 Å². The molecule has 1 amide bonds. The Morgan fingerprint density at radius 3 is 2.78 bits per heavy atom. The fourth-order valence-electron chi connectivity index (χ4n) is 3.42. The first-order valence-corrected chi connectivity index (χ1v) is 7.69. The Kier molecular flexibility index (Phi) is 4.04. The van der Waals surface area contributed by atoms with Crippen molar-refractivity contribution in [3.63, 3.8) is 0 Å². The number of fused-ring (bicyclic) bond motifs is 1. The first-order valence-electron chi connectivity index (χ1n) is 7.69. The van der Waals surface area contributed by atoms with Gasteiger partial charge >= 0.3 is 5.97 Å². The van der Waals surface area contributed by atoms with Crippen LogP contribution >= 0.6 is 0 Å². The Labute approximate surface area is 134 Å².